The summed E-state index contributed by atoms with van der Waals surface area (Å²) in [5.74, 6) is 1.25. The molecule has 2 aromatic heterocycles. The Kier molecular flexibility index (Phi) is 5.92. The van der Waals surface area contributed by atoms with E-state index in [1.54, 1.807) is 6.20 Å². The van der Waals surface area contributed by atoms with Crippen molar-refractivity contribution < 1.29 is 14.1 Å². The Morgan fingerprint density at radius 2 is 2.11 bits per heavy atom. The fraction of sp³-hybridized carbons (Fsp3) is 0.632. The first-order valence-corrected chi connectivity index (χ1v) is 9.99. The SMILES string of the molecule is CCc1nc(-c2cncnc2[C@@H]2CN(CC(=O)N3CCCCC3)CCO2)no1. The van der Waals surface area contributed by atoms with Crippen LogP contribution in [0.25, 0.3) is 11.4 Å². The Balaban J connectivity index is 1.46. The van der Waals surface area contributed by atoms with Gasteiger partial charge in [0.05, 0.1) is 24.4 Å². The van der Waals surface area contributed by atoms with E-state index in [0.717, 1.165) is 38.2 Å². The molecular formula is C19H26N6O3. The molecule has 28 heavy (non-hydrogen) atoms. The number of amides is 1. The number of aryl methyl sites for hydroxylation is 1. The summed E-state index contributed by atoms with van der Waals surface area (Å²) in [6.45, 7) is 6.01. The first-order chi connectivity index (χ1) is 13.7. The Bertz CT molecular complexity index is 804. The minimum absolute atomic E-state index is 0.203. The third-order valence-electron chi connectivity index (χ3n) is 5.28. The van der Waals surface area contributed by atoms with Crippen molar-refractivity contribution in [3.63, 3.8) is 0 Å². The highest BCUT2D eigenvalue weighted by atomic mass is 16.5. The number of morpholine rings is 1. The van der Waals surface area contributed by atoms with Gasteiger partial charge in [-0.15, -0.1) is 0 Å². The Morgan fingerprint density at radius 3 is 2.89 bits per heavy atom. The van der Waals surface area contributed by atoms with Crippen LogP contribution in [-0.4, -0.2) is 75.1 Å². The summed E-state index contributed by atoms with van der Waals surface area (Å²) in [6.07, 6.45) is 7.02. The highest BCUT2D eigenvalue weighted by Crippen LogP contribution is 2.28. The summed E-state index contributed by atoms with van der Waals surface area (Å²) in [7, 11) is 0. The maximum Gasteiger partial charge on any atom is 0.236 e. The maximum absolute atomic E-state index is 12.6. The molecular weight excluding hydrogens is 360 g/mol. The fourth-order valence-corrected chi connectivity index (χ4v) is 3.72. The van der Waals surface area contributed by atoms with E-state index in [-0.39, 0.29) is 12.0 Å². The number of aromatic nitrogens is 4. The van der Waals surface area contributed by atoms with Gasteiger partial charge in [-0.25, -0.2) is 9.97 Å². The van der Waals surface area contributed by atoms with Crippen LogP contribution in [0.2, 0.25) is 0 Å². The zero-order valence-corrected chi connectivity index (χ0v) is 16.2. The topological polar surface area (TPSA) is 97.5 Å². The smallest absolute Gasteiger partial charge is 0.236 e. The van der Waals surface area contributed by atoms with Gasteiger partial charge in [-0.1, -0.05) is 12.1 Å². The molecule has 2 aliphatic rings. The molecule has 2 aromatic rings. The summed E-state index contributed by atoms with van der Waals surface area (Å²) in [6, 6.07) is 0. The molecule has 0 saturated carbocycles. The first-order valence-electron chi connectivity index (χ1n) is 9.99. The van der Waals surface area contributed by atoms with Crippen LogP contribution < -0.4 is 0 Å². The van der Waals surface area contributed by atoms with Gasteiger partial charge in [-0.3, -0.25) is 9.69 Å². The van der Waals surface area contributed by atoms with E-state index in [2.05, 4.69) is 25.0 Å². The molecule has 0 unspecified atom stereocenters. The van der Waals surface area contributed by atoms with Crippen LogP contribution in [0.4, 0.5) is 0 Å². The average Bonchev–Trinajstić information content (AvgIpc) is 3.24. The largest absolute Gasteiger partial charge is 0.369 e. The van der Waals surface area contributed by atoms with Gasteiger partial charge in [0.25, 0.3) is 0 Å². The molecule has 2 saturated heterocycles. The van der Waals surface area contributed by atoms with Gasteiger partial charge >= 0.3 is 0 Å². The van der Waals surface area contributed by atoms with Crippen LogP contribution in [0.5, 0.6) is 0 Å². The third kappa shape index (κ3) is 4.20. The lowest BCUT2D eigenvalue weighted by atomic mass is 10.1. The summed E-state index contributed by atoms with van der Waals surface area (Å²) >= 11 is 0. The van der Waals surface area contributed by atoms with E-state index in [0.29, 0.717) is 43.4 Å². The molecule has 0 N–H and O–H groups in total. The third-order valence-corrected chi connectivity index (χ3v) is 5.28. The summed E-state index contributed by atoms with van der Waals surface area (Å²) in [4.78, 5) is 29.7. The first kappa shape index (κ1) is 18.9. The molecule has 4 heterocycles. The molecule has 2 fully saturated rings. The predicted octanol–water partition coefficient (Wildman–Crippen LogP) is 1.47. The fourth-order valence-electron chi connectivity index (χ4n) is 3.72. The van der Waals surface area contributed by atoms with E-state index in [1.807, 2.05) is 11.8 Å². The van der Waals surface area contributed by atoms with Gasteiger partial charge in [-0.2, -0.15) is 4.98 Å². The number of ether oxygens (including phenoxy) is 1. The summed E-state index contributed by atoms with van der Waals surface area (Å²) in [5.41, 5.74) is 1.44. The number of rotatable bonds is 5. The molecule has 4 rings (SSSR count). The lowest BCUT2D eigenvalue weighted by molar-refractivity contribution is -0.135. The van der Waals surface area contributed by atoms with Gasteiger partial charge in [0, 0.05) is 38.8 Å². The summed E-state index contributed by atoms with van der Waals surface area (Å²) in [5, 5.41) is 4.05. The van der Waals surface area contributed by atoms with Crippen molar-refractivity contribution in [3.8, 4) is 11.4 Å². The number of carbonyl (C=O) groups excluding carboxylic acids is 1. The van der Waals surface area contributed by atoms with Gasteiger partial charge < -0.3 is 14.2 Å². The highest BCUT2D eigenvalue weighted by Gasteiger charge is 2.29. The van der Waals surface area contributed by atoms with Crippen molar-refractivity contribution in [2.45, 2.75) is 38.7 Å². The predicted molar refractivity (Wildman–Crippen MR) is 100 cm³/mol. The maximum atomic E-state index is 12.6. The van der Waals surface area contributed by atoms with E-state index < -0.39 is 0 Å². The van der Waals surface area contributed by atoms with E-state index in [4.69, 9.17) is 9.26 Å². The molecule has 9 heteroatoms. The minimum atomic E-state index is -0.260. The number of piperidine rings is 1. The molecule has 1 atom stereocenters. The van der Waals surface area contributed by atoms with Gasteiger partial charge in [0.1, 0.15) is 12.4 Å². The van der Waals surface area contributed by atoms with Crippen molar-refractivity contribution in [2.75, 3.05) is 39.3 Å². The molecule has 2 aliphatic heterocycles. The van der Waals surface area contributed by atoms with Crippen molar-refractivity contribution in [1.82, 2.24) is 29.9 Å². The second-order valence-electron chi connectivity index (χ2n) is 7.22. The summed E-state index contributed by atoms with van der Waals surface area (Å²) < 4.78 is 11.2. The zero-order valence-electron chi connectivity index (χ0n) is 16.2. The second-order valence-corrected chi connectivity index (χ2v) is 7.22. The van der Waals surface area contributed by atoms with Crippen LogP contribution in [-0.2, 0) is 16.0 Å². The molecule has 0 aliphatic carbocycles. The van der Waals surface area contributed by atoms with E-state index in [9.17, 15) is 4.79 Å². The van der Waals surface area contributed by atoms with Crippen LogP contribution in [0.3, 0.4) is 0 Å². The van der Waals surface area contributed by atoms with Crippen molar-refractivity contribution in [3.05, 3.63) is 24.1 Å². The van der Waals surface area contributed by atoms with Crippen LogP contribution in [0.15, 0.2) is 17.0 Å². The van der Waals surface area contributed by atoms with Crippen molar-refractivity contribution in [2.24, 2.45) is 0 Å². The van der Waals surface area contributed by atoms with Gasteiger partial charge in [0.2, 0.25) is 17.6 Å². The molecule has 0 spiro atoms. The number of hydrogen-bond donors (Lipinski definition) is 0. The molecule has 9 nitrogen and oxygen atoms in total. The molecule has 0 radical (unpaired) electrons. The van der Waals surface area contributed by atoms with Crippen molar-refractivity contribution in [1.29, 1.82) is 0 Å². The lowest BCUT2D eigenvalue weighted by Gasteiger charge is -2.34. The monoisotopic (exact) mass is 386 g/mol. The number of carbonyl (C=O) groups is 1. The molecule has 1 amide bonds. The van der Waals surface area contributed by atoms with Crippen molar-refractivity contribution >= 4 is 5.91 Å². The molecule has 0 bridgehead atoms. The van der Waals surface area contributed by atoms with Crippen LogP contribution >= 0.6 is 0 Å². The molecule has 150 valence electrons. The van der Waals surface area contributed by atoms with Crippen LogP contribution in [0, 0.1) is 0 Å². The standard InChI is InChI=1S/C19H26N6O3/c1-2-16-22-19(23-28-16)14-10-20-13-21-18(14)15-11-24(8-9-27-15)12-17(26)25-6-4-3-5-7-25/h10,13,15H,2-9,11-12H2,1H3/t15-/m0/s1. The van der Waals surface area contributed by atoms with Gasteiger partial charge in [0.15, 0.2) is 0 Å². The lowest BCUT2D eigenvalue weighted by Crippen LogP contribution is -2.47. The minimum Gasteiger partial charge on any atom is -0.369 e. The number of likely N-dealkylation sites (tertiary alicyclic amines) is 1. The Hall–Kier alpha value is -2.39. The van der Waals surface area contributed by atoms with Gasteiger partial charge in [-0.05, 0) is 19.3 Å². The van der Waals surface area contributed by atoms with E-state index in [1.165, 1.54) is 12.7 Å². The average molecular weight is 386 g/mol. The highest BCUT2D eigenvalue weighted by molar-refractivity contribution is 5.78. The Morgan fingerprint density at radius 1 is 1.25 bits per heavy atom. The second kappa shape index (κ2) is 8.74. The quantitative estimate of drug-likeness (QED) is 0.762. The Labute approximate surface area is 164 Å². The zero-order chi connectivity index (χ0) is 19.3. The number of hydrogen-bond acceptors (Lipinski definition) is 8. The molecule has 0 aromatic carbocycles. The van der Waals surface area contributed by atoms with Crippen LogP contribution in [0.1, 0.15) is 43.9 Å². The number of nitrogens with zero attached hydrogens (tertiary/aromatic N) is 6. The normalized spacial score (nSPS) is 21.0. The van der Waals surface area contributed by atoms with E-state index >= 15 is 0 Å².